The van der Waals surface area contributed by atoms with Crippen LogP contribution < -0.4 is 5.56 Å². The fourth-order valence-electron chi connectivity index (χ4n) is 2.67. The largest absolute Gasteiger partial charge is 0.502 e. The van der Waals surface area contributed by atoms with Crippen molar-refractivity contribution in [3.05, 3.63) is 93.2 Å². The number of aromatic nitrogens is 2. The maximum absolute atomic E-state index is 11.4. The number of aromatic amines is 1. The molecule has 0 bridgehead atoms. The van der Waals surface area contributed by atoms with Gasteiger partial charge in [0.2, 0.25) is 5.75 Å². The molecule has 0 aliphatic rings. The lowest BCUT2D eigenvalue weighted by Crippen LogP contribution is -2.09. The van der Waals surface area contributed by atoms with Crippen molar-refractivity contribution < 1.29 is 15.3 Å². The number of hydrogen-bond donors (Lipinski definition) is 4. The van der Waals surface area contributed by atoms with Gasteiger partial charge < -0.3 is 20.3 Å². The van der Waals surface area contributed by atoms with E-state index in [0.29, 0.717) is 24.1 Å². The average molecular weight is 376 g/mol. The quantitative estimate of drug-likeness (QED) is 0.507. The molecule has 142 valence electrons. The highest BCUT2D eigenvalue weighted by Crippen LogP contribution is 2.14. The molecule has 6 heteroatoms. The highest BCUT2D eigenvalue weighted by molar-refractivity contribution is 5.44. The minimum atomic E-state index is -0.874. The smallest absolute Gasteiger partial charge is 0.293 e. The zero-order valence-corrected chi connectivity index (χ0v) is 15.1. The Hall–Kier alpha value is -3.40. The van der Waals surface area contributed by atoms with Gasteiger partial charge in [-0.1, -0.05) is 36.1 Å². The molecule has 6 nitrogen and oxygen atoms in total. The monoisotopic (exact) mass is 376 g/mol. The number of nitrogens with one attached hydrogen (secondary N) is 1. The number of benzene rings is 2. The van der Waals surface area contributed by atoms with Crippen LogP contribution in [-0.4, -0.2) is 31.9 Å². The molecule has 1 aromatic heterocycles. The van der Waals surface area contributed by atoms with Gasteiger partial charge in [-0.25, -0.2) is 4.98 Å². The highest BCUT2D eigenvalue weighted by Gasteiger charge is 2.07. The summed E-state index contributed by atoms with van der Waals surface area (Å²) in [6, 6.07) is 14.8. The van der Waals surface area contributed by atoms with E-state index < -0.39 is 11.7 Å². The van der Waals surface area contributed by atoms with Gasteiger partial charge in [-0.15, -0.1) is 0 Å². The Balaban J connectivity index is 1.63. The number of nitrogens with zero attached hydrogens (tertiary/aromatic N) is 1. The molecule has 1 heterocycles. The molecule has 3 aromatic rings. The normalized spacial score (nSPS) is 11.5. The molecule has 0 fully saturated rings. The third-order valence-electron chi connectivity index (χ3n) is 4.33. The molecule has 0 spiro atoms. The van der Waals surface area contributed by atoms with Gasteiger partial charge in [0.15, 0.2) is 0 Å². The second-order valence-electron chi connectivity index (χ2n) is 6.29. The lowest BCUT2D eigenvalue weighted by Gasteiger charge is -2.06. The summed E-state index contributed by atoms with van der Waals surface area (Å²) in [7, 11) is 0. The maximum atomic E-state index is 11.4. The first kappa shape index (κ1) is 19.4. The van der Waals surface area contributed by atoms with Gasteiger partial charge in [-0.3, -0.25) is 4.79 Å². The lowest BCUT2D eigenvalue weighted by atomic mass is 10.0. The second kappa shape index (κ2) is 9.00. The minimum absolute atomic E-state index is 0.312. The molecule has 0 saturated carbocycles. The van der Waals surface area contributed by atoms with E-state index in [0.717, 1.165) is 16.7 Å². The fraction of sp³-hybridized carbons (Fsp3) is 0.182. The SMILES string of the molecule is O=c1[nH]cnc(CCc2ccc(C#Cc3ccc(C(O)CO)cc3)cc2)c1O. The summed E-state index contributed by atoms with van der Waals surface area (Å²) < 4.78 is 0. The van der Waals surface area contributed by atoms with Crippen molar-refractivity contribution in [3.8, 4) is 17.6 Å². The molecular weight excluding hydrogens is 356 g/mol. The summed E-state index contributed by atoms with van der Waals surface area (Å²) in [5, 5.41) is 28.2. The molecule has 0 aliphatic heterocycles. The molecule has 1 unspecified atom stereocenters. The van der Waals surface area contributed by atoms with Gasteiger partial charge >= 0.3 is 0 Å². The Morgan fingerprint density at radius 2 is 1.57 bits per heavy atom. The summed E-state index contributed by atoms with van der Waals surface area (Å²) >= 11 is 0. The summed E-state index contributed by atoms with van der Waals surface area (Å²) in [6.07, 6.45) is 1.52. The molecule has 28 heavy (non-hydrogen) atoms. The van der Waals surface area contributed by atoms with E-state index in [1.54, 1.807) is 24.3 Å². The maximum Gasteiger partial charge on any atom is 0.293 e. The average Bonchev–Trinajstić information content (AvgIpc) is 2.74. The van der Waals surface area contributed by atoms with E-state index in [1.165, 1.54) is 6.33 Å². The molecular formula is C22H20N2O4. The Morgan fingerprint density at radius 3 is 2.18 bits per heavy atom. The van der Waals surface area contributed by atoms with Crippen molar-refractivity contribution in [2.45, 2.75) is 18.9 Å². The Kier molecular flexibility index (Phi) is 6.22. The predicted octanol–water partition coefficient (Wildman–Crippen LogP) is 1.69. The summed E-state index contributed by atoms with van der Waals surface area (Å²) in [6.45, 7) is -0.312. The van der Waals surface area contributed by atoms with E-state index in [-0.39, 0.29) is 12.4 Å². The molecule has 4 N–H and O–H groups in total. The first-order valence-corrected chi connectivity index (χ1v) is 8.82. The third-order valence-corrected chi connectivity index (χ3v) is 4.33. The van der Waals surface area contributed by atoms with Crippen LogP contribution in [0.1, 0.15) is 34.1 Å². The van der Waals surface area contributed by atoms with Crippen molar-refractivity contribution in [2.24, 2.45) is 0 Å². The molecule has 0 aliphatic carbocycles. The summed E-state index contributed by atoms with van der Waals surface area (Å²) in [4.78, 5) is 17.7. The number of aliphatic hydroxyl groups is 2. The van der Waals surface area contributed by atoms with E-state index >= 15 is 0 Å². The first-order chi connectivity index (χ1) is 13.6. The van der Waals surface area contributed by atoms with E-state index in [4.69, 9.17) is 5.11 Å². The summed E-state index contributed by atoms with van der Waals surface area (Å²) in [5.74, 6) is 5.81. The minimum Gasteiger partial charge on any atom is -0.502 e. The number of H-pyrrole nitrogens is 1. The number of rotatable bonds is 5. The Labute approximate surface area is 162 Å². The van der Waals surface area contributed by atoms with Crippen LogP contribution in [0, 0.1) is 11.8 Å². The zero-order chi connectivity index (χ0) is 19.9. The number of aryl methyl sites for hydroxylation is 2. The molecule has 2 aromatic carbocycles. The van der Waals surface area contributed by atoms with Crippen LogP contribution in [0.3, 0.4) is 0 Å². The van der Waals surface area contributed by atoms with Crippen molar-refractivity contribution >= 4 is 0 Å². The van der Waals surface area contributed by atoms with E-state index in [9.17, 15) is 15.0 Å². The van der Waals surface area contributed by atoms with Crippen molar-refractivity contribution in [3.63, 3.8) is 0 Å². The lowest BCUT2D eigenvalue weighted by molar-refractivity contribution is 0.0956. The van der Waals surface area contributed by atoms with Crippen LogP contribution in [0.2, 0.25) is 0 Å². The number of aromatic hydroxyl groups is 1. The van der Waals surface area contributed by atoms with Crippen molar-refractivity contribution in [2.75, 3.05) is 6.61 Å². The first-order valence-electron chi connectivity index (χ1n) is 8.82. The van der Waals surface area contributed by atoms with Gasteiger partial charge in [0.25, 0.3) is 5.56 Å². The Morgan fingerprint density at radius 1 is 0.964 bits per heavy atom. The molecule has 0 radical (unpaired) electrons. The van der Waals surface area contributed by atoms with Crippen LogP contribution in [0.4, 0.5) is 0 Å². The van der Waals surface area contributed by atoms with Gasteiger partial charge in [0.05, 0.1) is 18.6 Å². The standard InChI is InChI=1S/C22H20N2O4/c25-13-20(26)18-10-7-17(8-11-18)6-3-15-1-4-16(5-2-15)9-12-19-21(27)22(28)24-14-23-19/h1-2,4-5,7-8,10-11,14,20,25-27H,9,12-13H2,(H,23,24,28). The topological polar surface area (TPSA) is 106 Å². The second-order valence-corrected chi connectivity index (χ2v) is 6.29. The summed E-state index contributed by atoms with van der Waals surface area (Å²) in [5.41, 5.74) is 3.22. The van der Waals surface area contributed by atoms with Gasteiger partial charge in [0, 0.05) is 11.1 Å². The van der Waals surface area contributed by atoms with Gasteiger partial charge in [0.1, 0.15) is 6.10 Å². The van der Waals surface area contributed by atoms with Crippen LogP contribution in [0.25, 0.3) is 0 Å². The van der Waals surface area contributed by atoms with Gasteiger partial charge in [-0.05, 0) is 48.2 Å². The molecule has 3 rings (SSSR count). The fourth-order valence-corrected chi connectivity index (χ4v) is 2.67. The van der Waals surface area contributed by atoms with Gasteiger partial charge in [-0.2, -0.15) is 0 Å². The molecule has 0 saturated heterocycles. The Bertz CT molecular complexity index is 1040. The number of hydrogen-bond acceptors (Lipinski definition) is 5. The third kappa shape index (κ3) is 4.86. The zero-order valence-electron chi connectivity index (χ0n) is 15.1. The highest BCUT2D eigenvalue weighted by atomic mass is 16.3. The van der Waals surface area contributed by atoms with E-state index in [2.05, 4.69) is 21.8 Å². The van der Waals surface area contributed by atoms with Crippen LogP contribution in [0.5, 0.6) is 5.75 Å². The van der Waals surface area contributed by atoms with Crippen LogP contribution >= 0.6 is 0 Å². The van der Waals surface area contributed by atoms with Crippen molar-refractivity contribution in [1.82, 2.24) is 9.97 Å². The number of aliphatic hydroxyl groups excluding tert-OH is 2. The molecule has 1 atom stereocenters. The predicted molar refractivity (Wildman–Crippen MR) is 105 cm³/mol. The molecule has 0 amide bonds. The van der Waals surface area contributed by atoms with Crippen LogP contribution in [0.15, 0.2) is 59.7 Å². The van der Waals surface area contributed by atoms with Crippen LogP contribution in [-0.2, 0) is 12.8 Å². The van der Waals surface area contributed by atoms with E-state index in [1.807, 2.05) is 24.3 Å². The van der Waals surface area contributed by atoms with Crippen molar-refractivity contribution in [1.29, 1.82) is 0 Å².